The number of carbonyl (C=O) groups excluding carboxylic acids is 1. The van der Waals surface area contributed by atoms with Gasteiger partial charge in [0.1, 0.15) is 5.69 Å². The molecular formula is C13H10F3N3O4. The lowest BCUT2D eigenvalue weighted by molar-refractivity contribution is -0.385. The predicted octanol–water partition coefficient (Wildman–Crippen LogP) is 3.18. The molecule has 1 heterocycles. The summed E-state index contributed by atoms with van der Waals surface area (Å²) in [5.41, 5.74) is -2.15. The van der Waals surface area contributed by atoms with Gasteiger partial charge in [0.05, 0.1) is 22.8 Å². The van der Waals surface area contributed by atoms with Crippen LogP contribution in [0.5, 0.6) is 0 Å². The van der Waals surface area contributed by atoms with Crippen LogP contribution in [0.4, 0.5) is 18.9 Å². The van der Waals surface area contributed by atoms with Crippen LogP contribution in [0.15, 0.2) is 24.3 Å². The molecule has 7 nitrogen and oxygen atoms in total. The number of nitro groups is 1. The Hall–Kier alpha value is -2.91. The zero-order chi connectivity index (χ0) is 17.2. The Labute approximate surface area is 127 Å². The number of nitro benzene ring substituents is 1. The van der Waals surface area contributed by atoms with Crippen LogP contribution in [0.25, 0.3) is 11.3 Å². The number of non-ortho nitro benzene ring substituents is 1. The molecule has 0 atom stereocenters. The molecule has 0 aliphatic rings. The number of carbonyl (C=O) groups is 1. The third-order valence-electron chi connectivity index (χ3n) is 2.82. The van der Waals surface area contributed by atoms with Crippen molar-refractivity contribution in [2.75, 3.05) is 6.61 Å². The zero-order valence-corrected chi connectivity index (χ0v) is 11.7. The summed E-state index contributed by atoms with van der Waals surface area (Å²) in [4.78, 5) is 21.4. The van der Waals surface area contributed by atoms with Crippen molar-refractivity contribution in [1.29, 1.82) is 0 Å². The van der Waals surface area contributed by atoms with Gasteiger partial charge in [0.25, 0.3) is 5.69 Å². The summed E-state index contributed by atoms with van der Waals surface area (Å²) in [7, 11) is 0. The number of nitrogens with one attached hydrogen (secondary N) is 1. The molecule has 122 valence electrons. The molecule has 0 saturated heterocycles. The van der Waals surface area contributed by atoms with Gasteiger partial charge in [-0.2, -0.15) is 18.3 Å². The Morgan fingerprint density at radius 2 is 2.04 bits per heavy atom. The van der Waals surface area contributed by atoms with Crippen molar-refractivity contribution in [1.82, 2.24) is 10.2 Å². The maximum Gasteiger partial charge on any atom is 0.416 e. The standard InChI is InChI=1S/C13H10F3N3O4/c1-2-23-12(20)11-6-10(17-18-11)7-3-8(13(14,15)16)5-9(4-7)19(21)22/h3-6H,2H2,1H3,(H,17,18). The highest BCUT2D eigenvalue weighted by Crippen LogP contribution is 2.35. The average molecular weight is 329 g/mol. The van der Waals surface area contributed by atoms with Gasteiger partial charge >= 0.3 is 12.1 Å². The van der Waals surface area contributed by atoms with E-state index in [2.05, 4.69) is 10.2 Å². The second kappa shape index (κ2) is 6.07. The summed E-state index contributed by atoms with van der Waals surface area (Å²) < 4.78 is 43.2. The molecule has 0 aliphatic heterocycles. The van der Waals surface area contributed by atoms with Crippen molar-refractivity contribution in [3.8, 4) is 11.3 Å². The molecule has 10 heteroatoms. The van der Waals surface area contributed by atoms with Crippen molar-refractivity contribution in [3.05, 3.63) is 45.6 Å². The molecule has 0 unspecified atom stereocenters. The first kappa shape index (κ1) is 16.5. The molecule has 0 saturated carbocycles. The molecule has 0 bridgehead atoms. The third-order valence-corrected chi connectivity index (χ3v) is 2.82. The topological polar surface area (TPSA) is 98.1 Å². The number of hydrogen-bond acceptors (Lipinski definition) is 5. The SMILES string of the molecule is CCOC(=O)c1cc(-c2cc([N+](=O)[O-])cc(C(F)(F)F)c2)n[nH]1. The molecule has 2 aromatic rings. The number of aromatic nitrogens is 2. The monoisotopic (exact) mass is 329 g/mol. The minimum absolute atomic E-state index is 0.0396. The number of esters is 1. The van der Waals surface area contributed by atoms with Gasteiger partial charge in [-0.3, -0.25) is 15.2 Å². The second-order valence-electron chi connectivity index (χ2n) is 4.41. The molecular weight excluding hydrogens is 319 g/mol. The van der Waals surface area contributed by atoms with Crippen LogP contribution in [0, 0.1) is 10.1 Å². The molecule has 1 aromatic carbocycles. The van der Waals surface area contributed by atoms with E-state index in [1.807, 2.05) is 0 Å². The fourth-order valence-electron chi connectivity index (χ4n) is 1.81. The Morgan fingerprint density at radius 1 is 1.35 bits per heavy atom. The van der Waals surface area contributed by atoms with Gasteiger partial charge in [0, 0.05) is 17.7 Å². The van der Waals surface area contributed by atoms with E-state index in [0.717, 1.165) is 18.2 Å². The van der Waals surface area contributed by atoms with E-state index in [9.17, 15) is 28.1 Å². The largest absolute Gasteiger partial charge is 0.461 e. The molecule has 0 amide bonds. The summed E-state index contributed by atoms with van der Waals surface area (Å²) in [5, 5.41) is 16.8. The van der Waals surface area contributed by atoms with Crippen LogP contribution in [-0.2, 0) is 10.9 Å². The maximum atomic E-state index is 12.8. The molecule has 2 rings (SSSR count). The lowest BCUT2D eigenvalue weighted by Crippen LogP contribution is -2.06. The average Bonchev–Trinajstić information content (AvgIpc) is 2.96. The first-order valence-corrected chi connectivity index (χ1v) is 6.32. The molecule has 0 aliphatic carbocycles. The molecule has 1 N–H and O–H groups in total. The van der Waals surface area contributed by atoms with E-state index >= 15 is 0 Å². The highest BCUT2D eigenvalue weighted by molar-refractivity contribution is 5.88. The number of H-pyrrole nitrogens is 1. The van der Waals surface area contributed by atoms with Crippen LogP contribution in [-0.4, -0.2) is 27.7 Å². The molecule has 0 radical (unpaired) electrons. The number of nitrogens with zero attached hydrogens (tertiary/aromatic N) is 2. The summed E-state index contributed by atoms with van der Waals surface area (Å²) in [6.45, 7) is 1.70. The Bertz CT molecular complexity index is 755. The summed E-state index contributed by atoms with van der Waals surface area (Å²) >= 11 is 0. The van der Waals surface area contributed by atoms with Crippen LogP contribution in [0.3, 0.4) is 0 Å². The number of rotatable bonds is 4. The van der Waals surface area contributed by atoms with Crippen molar-refractivity contribution >= 4 is 11.7 Å². The van der Waals surface area contributed by atoms with Crippen LogP contribution < -0.4 is 0 Å². The van der Waals surface area contributed by atoms with E-state index < -0.39 is 28.3 Å². The van der Waals surface area contributed by atoms with E-state index in [4.69, 9.17) is 4.74 Å². The van der Waals surface area contributed by atoms with Gasteiger partial charge in [-0.1, -0.05) is 0 Å². The van der Waals surface area contributed by atoms with E-state index in [-0.39, 0.29) is 23.6 Å². The highest BCUT2D eigenvalue weighted by Gasteiger charge is 2.33. The maximum absolute atomic E-state index is 12.8. The van der Waals surface area contributed by atoms with Crippen molar-refractivity contribution in [3.63, 3.8) is 0 Å². The number of benzene rings is 1. The normalized spacial score (nSPS) is 11.3. The van der Waals surface area contributed by atoms with Crippen molar-refractivity contribution in [2.24, 2.45) is 0 Å². The highest BCUT2D eigenvalue weighted by atomic mass is 19.4. The first-order valence-electron chi connectivity index (χ1n) is 6.32. The Morgan fingerprint density at radius 3 is 2.61 bits per heavy atom. The van der Waals surface area contributed by atoms with Crippen LogP contribution in [0.2, 0.25) is 0 Å². The number of halogens is 3. The third kappa shape index (κ3) is 3.65. The lowest BCUT2D eigenvalue weighted by Gasteiger charge is -2.07. The van der Waals surface area contributed by atoms with E-state index in [0.29, 0.717) is 6.07 Å². The minimum Gasteiger partial charge on any atom is -0.461 e. The Balaban J connectivity index is 2.48. The lowest BCUT2D eigenvalue weighted by atomic mass is 10.1. The van der Waals surface area contributed by atoms with Crippen LogP contribution >= 0.6 is 0 Å². The van der Waals surface area contributed by atoms with Gasteiger partial charge in [0.15, 0.2) is 0 Å². The van der Waals surface area contributed by atoms with E-state index in [1.165, 1.54) is 0 Å². The smallest absolute Gasteiger partial charge is 0.416 e. The number of ether oxygens (including phenoxy) is 1. The quantitative estimate of drug-likeness (QED) is 0.528. The van der Waals surface area contributed by atoms with Gasteiger partial charge in [0.2, 0.25) is 0 Å². The molecule has 1 aromatic heterocycles. The Kier molecular flexibility index (Phi) is 4.34. The fraction of sp³-hybridized carbons (Fsp3) is 0.231. The van der Waals surface area contributed by atoms with Crippen molar-refractivity contribution < 1.29 is 27.6 Å². The fourth-order valence-corrected chi connectivity index (χ4v) is 1.81. The first-order chi connectivity index (χ1) is 10.7. The zero-order valence-electron chi connectivity index (χ0n) is 11.7. The second-order valence-corrected chi connectivity index (χ2v) is 4.41. The predicted molar refractivity (Wildman–Crippen MR) is 71.6 cm³/mol. The molecule has 0 spiro atoms. The summed E-state index contributed by atoms with van der Waals surface area (Å²) in [5.74, 6) is -0.729. The van der Waals surface area contributed by atoms with Gasteiger partial charge < -0.3 is 4.74 Å². The van der Waals surface area contributed by atoms with Crippen molar-refractivity contribution in [2.45, 2.75) is 13.1 Å². The summed E-state index contributed by atoms with van der Waals surface area (Å²) in [6.07, 6.45) is -4.75. The number of alkyl halides is 3. The molecule has 0 fully saturated rings. The minimum atomic E-state index is -4.75. The summed E-state index contributed by atoms with van der Waals surface area (Å²) in [6, 6.07) is 3.26. The number of hydrogen-bond donors (Lipinski definition) is 1. The van der Waals surface area contributed by atoms with Gasteiger partial charge in [-0.25, -0.2) is 4.79 Å². The van der Waals surface area contributed by atoms with Crippen LogP contribution in [0.1, 0.15) is 23.0 Å². The van der Waals surface area contributed by atoms with Gasteiger partial charge in [-0.15, -0.1) is 0 Å². The number of aromatic amines is 1. The van der Waals surface area contributed by atoms with Gasteiger partial charge in [-0.05, 0) is 19.1 Å². The van der Waals surface area contributed by atoms with E-state index in [1.54, 1.807) is 6.92 Å². The molecule has 23 heavy (non-hydrogen) atoms.